The zero-order valence-corrected chi connectivity index (χ0v) is 12.9. The van der Waals surface area contributed by atoms with Crippen LogP contribution in [0.4, 0.5) is 5.69 Å². The van der Waals surface area contributed by atoms with E-state index in [1.165, 1.54) is 0 Å². The third kappa shape index (κ3) is 3.05. The first kappa shape index (κ1) is 15.5. The van der Waals surface area contributed by atoms with Gasteiger partial charge in [-0.05, 0) is 36.4 Å². The van der Waals surface area contributed by atoms with E-state index in [2.05, 4.69) is 10.4 Å². The van der Waals surface area contributed by atoms with Crippen LogP contribution in [0.25, 0.3) is 10.8 Å². The van der Waals surface area contributed by atoms with Gasteiger partial charge in [0.2, 0.25) is 5.91 Å². The minimum Gasteiger partial charge on any atom is -0.497 e. The van der Waals surface area contributed by atoms with Gasteiger partial charge in [-0.2, -0.15) is 0 Å². The molecule has 1 amide bonds. The lowest BCUT2D eigenvalue weighted by atomic mass is 10.2. The molecule has 24 heavy (non-hydrogen) atoms. The number of H-pyrrole nitrogens is 1. The fraction of sp³-hybridized carbons (Fsp3) is 0.118. The Bertz CT molecular complexity index is 1000. The summed E-state index contributed by atoms with van der Waals surface area (Å²) < 4.78 is 6.05. The summed E-state index contributed by atoms with van der Waals surface area (Å²) in [6.45, 7) is -0.287. The average molecular weight is 325 g/mol. The number of fused-ring (bicyclic) bond motifs is 1. The van der Waals surface area contributed by atoms with E-state index in [9.17, 15) is 14.4 Å². The van der Waals surface area contributed by atoms with Crippen molar-refractivity contribution in [2.45, 2.75) is 6.54 Å². The SMILES string of the molecule is COc1ccc(NC(=O)Cn2[nH]c(=O)c3ccccc3c2=O)cc1. The Morgan fingerprint density at radius 3 is 2.42 bits per heavy atom. The molecule has 0 radical (unpaired) electrons. The van der Waals surface area contributed by atoms with E-state index in [-0.39, 0.29) is 11.9 Å². The van der Waals surface area contributed by atoms with Crippen molar-refractivity contribution < 1.29 is 9.53 Å². The number of methoxy groups -OCH3 is 1. The first-order valence-electron chi connectivity index (χ1n) is 7.24. The lowest BCUT2D eigenvalue weighted by Gasteiger charge is -2.09. The average Bonchev–Trinajstić information content (AvgIpc) is 2.60. The monoisotopic (exact) mass is 325 g/mol. The maximum atomic E-state index is 12.3. The molecule has 0 unspecified atom stereocenters. The Morgan fingerprint density at radius 2 is 1.75 bits per heavy atom. The molecule has 0 bridgehead atoms. The molecular formula is C17H15N3O4. The number of nitrogens with zero attached hydrogens (tertiary/aromatic N) is 1. The molecule has 3 rings (SSSR count). The second-order valence-electron chi connectivity index (χ2n) is 5.15. The molecule has 0 saturated heterocycles. The summed E-state index contributed by atoms with van der Waals surface area (Å²) >= 11 is 0. The van der Waals surface area contributed by atoms with Gasteiger partial charge in [0.25, 0.3) is 11.1 Å². The number of rotatable bonds is 4. The zero-order valence-electron chi connectivity index (χ0n) is 12.9. The summed E-state index contributed by atoms with van der Waals surface area (Å²) in [5.74, 6) is 0.247. The number of hydrogen-bond donors (Lipinski definition) is 2. The molecule has 7 heteroatoms. The van der Waals surface area contributed by atoms with Gasteiger partial charge in [-0.15, -0.1) is 0 Å². The van der Waals surface area contributed by atoms with Crippen LogP contribution in [0.5, 0.6) is 5.75 Å². The van der Waals surface area contributed by atoms with Crippen LogP contribution in [0.15, 0.2) is 58.1 Å². The highest BCUT2D eigenvalue weighted by Gasteiger charge is 2.10. The van der Waals surface area contributed by atoms with Crippen LogP contribution >= 0.6 is 0 Å². The minimum atomic E-state index is -0.423. The number of hydrogen-bond acceptors (Lipinski definition) is 4. The third-order valence-corrected chi connectivity index (χ3v) is 3.56. The summed E-state index contributed by atoms with van der Waals surface area (Å²) in [7, 11) is 1.55. The van der Waals surface area contributed by atoms with Crippen molar-refractivity contribution in [3.05, 3.63) is 69.2 Å². The molecule has 1 aromatic heterocycles. The van der Waals surface area contributed by atoms with E-state index < -0.39 is 17.0 Å². The van der Waals surface area contributed by atoms with Crippen molar-refractivity contribution in [3.8, 4) is 5.75 Å². The molecule has 7 nitrogen and oxygen atoms in total. The topological polar surface area (TPSA) is 93.2 Å². The first-order valence-corrected chi connectivity index (χ1v) is 7.24. The van der Waals surface area contributed by atoms with Crippen LogP contribution in [0.2, 0.25) is 0 Å². The summed E-state index contributed by atoms with van der Waals surface area (Å²) in [5.41, 5.74) is -0.269. The summed E-state index contributed by atoms with van der Waals surface area (Å²) in [4.78, 5) is 36.5. The summed E-state index contributed by atoms with van der Waals surface area (Å²) in [6.07, 6.45) is 0. The van der Waals surface area contributed by atoms with Crippen LogP contribution in [0.3, 0.4) is 0 Å². The molecule has 0 aliphatic rings. The van der Waals surface area contributed by atoms with Gasteiger partial charge in [-0.25, -0.2) is 4.68 Å². The molecule has 2 N–H and O–H groups in total. The number of amides is 1. The molecule has 0 spiro atoms. The molecule has 0 aliphatic heterocycles. The van der Waals surface area contributed by atoms with Gasteiger partial charge in [-0.3, -0.25) is 19.5 Å². The van der Waals surface area contributed by atoms with Gasteiger partial charge < -0.3 is 10.1 Å². The van der Waals surface area contributed by atoms with E-state index in [1.807, 2.05) is 0 Å². The predicted octanol–water partition coefficient (Wildman–Crippen LogP) is 1.34. The summed E-state index contributed by atoms with van der Waals surface area (Å²) in [5, 5.41) is 5.66. The maximum absolute atomic E-state index is 12.3. The summed E-state index contributed by atoms with van der Waals surface area (Å²) in [6, 6.07) is 13.3. The highest BCUT2D eigenvalue weighted by atomic mass is 16.5. The lowest BCUT2D eigenvalue weighted by molar-refractivity contribution is -0.117. The van der Waals surface area contributed by atoms with Crippen LogP contribution < -0.4 is 21.2 Å². The fourth-order valence-electron chi connectivity index (χ4n) is 2.38. The van der Waals surface area contributed by atoms with Gasteiger partial charge >= 0.3 is 0 Å². The molecule has 0 atom stereocenters. The van der Waals surface area contributed by atoms with Crippen molar-refractivity contribution in [3.63, 3.8) is 0 Å². The number of ether oxygens (including phenoxy) is 1. The third-order valence-electron chi connectivity index (χ3n) is 3.56. The largest absolute Gasteiger partial charge is 0.497 e. The van der Waals surface area contributed by atoms with Crippen LogP contribution in [0.1, 0.15) is 0 Å². The van der Waals surface area contributed by atoms with Crippen LogP contribution in [-0.2, 0) is 11.3 Å². The molecule has 0 fully saturated rings. The number of benzene rings is 2. The van der Waals surface area contributed by atoms with E-state index in [4.69, 9.17) is 4.74 Å². The molecule has 122 valence electrons. The number of carbonyl (C=O) groups excluding carboxylic acids is 1. The molecule has 2 aromatic carbocycles. The first-order chi connectivity index (χ1) is 11.6. The van der Waals surface area contributed by atoms with E-state index in [0.29, 0.717) is 16.8 Å². The van der Waals surface area contributed by atoms with Crippen molar-refractivity contribution in [1.82, 2.24) is 9.78 Å². The Balaban J connectivity index is 1.84. The Morgan fingerprint density at radius 1 is 1.08 bits per heavy atom. The molecule has 0 saturated carbocycles. The maximum Gasteiger partial charge on any atom is 0.273 e. The lowest BCUT2D eigenvalue weighted by Crippen LogP contribution is -2.34. The Kier molecular flexibility index (Phi) is 4.15. The second-order valence-corrected chi connectivity index (χ2v) is 5.15. The van der Waals surface area contributed by atoms with Crippen LogP contribution in [0, 0.1) is 0 Å². The van der Waals surface area contributed by atoms with E-state index >= 15 is 0 Å². The number of nitrogens with one attached hydrogen (secondary N) is 2. The van der Waals surface area contributed by atoms with Crippen molar-refractivity contribution in [2.24, 2.45) is 0 Å². The van der Waals surface area contributed by atoms with Crippen molar-refractivity contribution in [1.29, 1.82) is 0 Å². The van der Waals surface area contributed by atoms with Gasteiger partial charge in [0.15, 0.2) is 0 Å². The normalized spacial score (nSPS) is 10.5. The molecular weight excluding hydrogens is 310 g/mol. The van der Waals surface area contributed by atoms with Gasteiger partial charge in [-0.1, -0.05) is 12.1 Å². The standard InChI is InChI=1S/C17H15N3O4/c1-24-12-8-6-11(7-9-12)18-15(21)10-20-17(23)14-5-3-2-4-13(14)16(22)19-20/h2-9H,10H2,1H3,(H,18,21)(H,19,22). The number of carbonyl (C=O) groups is 1. The van der Waals surface area contributed by atoms with Crippen molar-refractivity contribution >= 4 is 22.4 Å². The quantitative estimate of drug-likeness (QED) is 0.757. The number of anilines is 1. The molecule has 3 aromatic rings. The highest BCUT2D eigenvalue weighted by molar-refractivity contribution is 5.90. The van der Waals surface area contributed by atoms with Gasteiger partial charge in [0.1, 0.15) is 12.3 Å². The smallest absolute Gasteiger partial charge is 0.273 e. The minimum absolute atomic E-state index is 0.276. The van der Waals surface area contributed by atoms with E-state index in [1.54, 1.807) is 55.6 Å². The highest BCUT2D eigenvalue weighted by Crippen LogP contribution is 2.14. The van der Waals surface area contributed by atoms with Crippen molar-refractivity contribution in [2.75, 3.05) is 12.4 Å². The molecule has 0 aliphatic carbocycles. The van der Waals surface area contributed by atoms with E-state index in [0.717, 1.165) is 4.68 Å². The predicted molar refractivity (Wildman–Crippen MR) is 90.5 cm³/mol. The van der Waals surface area contributed by atoms with Crippen LogP contribution in [-0.4, -0.2) is 22.8 Å². The number of aromatic nitrogens is 2. The van der Waals surface area contributed by atoms with Gasteiger partial charge in [0, 0.05) is 5.69 Å². The fourth-order valence-corrected chi connectivity index (χ4v) is 2.38. The number of aromatic amines is 1. The Hall–Kier alpha value is -3.35. The zero-order chi connectivity index (χ0) is 17.1. The Labute approximate surface area is 136 Å². The second kappa shape index (κ2) is 6.41. The molecule has 1 heterocycles. The van der Waals surface area contributed by atoms with Gasteiger partial charge in [0.05, 0.1) is 17.9 Å².